The molecule has 0 aliphatic heterocycles. The normalized spacial score (nSPS) is 11.6. The fourth-order valence-electron chi connectivity index (χ4n) is 3.82. The number of carbonyl (C=O) groups is 2. The third kappa shape index (κ3) is 6.75. The summed E-state index contributed by atoms with van der Waals surface area (Å²) in [5.41, 5.74) is 2.00. The molecule has 3 aromatic rings. The zero-order valence-electron chi connectivity index (χ0n) is 19.4. The Balaban J connectivity index is 1.99. The van der Waals surface area contributed by atoms with Gasteiger partial charge >= 0.3 is 0 Å². The van der Waals surface area contributed by atoms with Crippen LogP contribution in [0, 0.1) is 10.1 Å². The summed E-state index contributed by atoms with van der Waals surface area (Å²) >= 11 is 0. The Bertz CT molecular complexity index is 1120. The fourth-order valence-corrected chi connectivity index (χ4v) is 3.82. The maximum Gasteiger partial charge on any atom is 0.273 e. The smallest absolute Gasteiger partial charge is 0.273 e. The Morgan fingerprint density at radius 1 is 0.882 bits per heavy atom. The minimum Gasteiger partial charge on any atom is -0.352 e. The van der Waals surface area contributed by atoms with E-state index in [0.717, 1.165) is 11.1 Å². The highest BCUT2D eigenvalue weighted by Crippen LogP contribution is 2.21. The third-order valence-corrected chi connectivity index (χ3v) is 5.43. The molecule has 0 bridgehead atoms. The van der Waals surface area contributed by atoms with E-state index in [-0.39, 0.29) is 36.5 Å². The van der Waals surface area contributed by atoms with Crippen molar-refractivity contribution in [3.8, 4) is 0 Å². The van der Waals surface area contributed by atoms with Crippen LogP contribution >= 0.6 is 0 Å². The monoisotopic (exact) mass is 459 g/mol. The van der Waals surface area contributed by atoms with Gasteiger partial charge in [0.1, 0.15) is 6.04 Å². The molecule has 7 nitrogen and oxygen atoms in total. The molecule has 0 aliphatic carbocycles. The molecule has 0 saturated heterocycles. The zero-order chi connectivity index (χ0) is 24.5. The lowest BCUT2D eigenvalue weighted by molar-refractivity contribution is -0.385. The summed E-state index contributed by atoms with van der Waals surface area (Å²) in [5.74, 6) is -0.608. The first-order chi connectivity index (χ1) is 16.3. The van der Waals surface area contributed by atoms with Crippen molar-refractivity contribution in [2.24, 2.45) is 0 Å². The maximum atomic E-state index is 13.6. The number of rotatable bonds is 10. The summed E-state index contributed by atoms with van der Waals surface area (Å²) in [6.45, 7) is 3.95. The second-order valence-electron chi connectivity index (χ2n) is 8.44. The summed E-state index contributed by atoms with van der Waals surface area (Å²) in [6.07, 6.45) is 0.152. The summed E-state index contributed by atoms with van der Waals surface area (Å²) in [5, 5.41) is 14.4. The molecule has 176 valence electrons. The van der Waals surface area contributed by atoms with E-state index in [1.807, 2.05) is 74.5 Å². The van der Waals surface area contributed by atoms with Crippen LogP contribution in [0.5, 0.6) is 0 Å². The molecule has 7 heteroatoms. The molecule has 3 aromatic carbocycles. The maximum absolute atomic E-state index is 13.6. The molecule has 3 rings (SSSR count). The quantitative estimate of drug-likeness (QED) is 0.361. The molecule has 0 unspecified atom stereocenters. The molecule has 0 fully saturated rings. The molecule has 1 atom stereocenters. The average Bonchev–Trinajstić information content (AvgIpc) is 2.82. The van der Waals surface area contributed by atoms with Gasteiger partial charge in [-0.25, -0.2) is 0 Å². The van der Waals surface area contributed by atoms with Crippen molar-refractivity contribution < 1.29 is 14.5 Å². The number of nitrogens with one attached hydrogen (secondary N) is 1. The Labute approximate surface area is 199 Å². The molecule has 1 N–H and O–H groups in total. The van der Waals surface area contributed by atoms with Crippen molar-refractivity contribution in [3.63, 3.8) is 0 Å². The van der Waals surface area contributed by atoms with Crippen molar-refractivity contribution in [2.75, 3.05) is 0 Å². The third-order valence-electron chi connectivity index (χ3n) is 5.43. The second kappa shape index (κ2) is 11.7. The first-order valence-corrected chi connectivity index (χ1v) is 11.2. The highest BCUT2D eigenvalue weighted by molar-refractivity contribution is 5.89. The van der Waals surface area contributed by atoms with Gasteiger partial charge in [-0.2, -0.15) is 0 Å². The van der Waals surface area contributed by atoms with Crippen LogP contribution in [0.4, 0.5) is 5.69 Å². The number of amides is 2. The number of hydrogen-bond donors (Lipinski definition) is 1. The van der Waals surface area contributed by atoms with E-state index >= 15 is 0 Å². The number of carbonyl (C=O) groups excluding carboxylic acids is 2. The van der Waals surface area contributed by atoms with Crippen LogP contribution in [0.2, 0.25) is 0 Å². The lowest BCUT2D eigenvalue weighted by Gasteiger charge is -2.32. The van der Waals surface area contributed by atoms with E-state index < -0.39 is 11.0 Å². The summed E-state index contributed by atoms with van der Waals surface area (Å²) < 4.78 is 0. The van der Waals surface area contributed by atoms with Crippen molar-refractivity contribution in [1.29, 1.82) is 0 Å². The van der Waals surface area contributed by atoms with Gasteiger partial charge in [-0.1, -0.05) is 78.9 Å². The molecule has 34 heavy (non-hydrogen) atoms. The number of benzene rings is 3. The van der Waals surface area contributed by atoms with E-state index in [4.69, 9.17) is 0 Å². The molecule has 0 aliphatic rings. The predicted octanol–water partition coefficient (Wildman–Crippen LogP) is 4.30. The first-order valence-electron chi connectivity index (χ1n) is 11.2. The van der Waals surface area contributed by atoms with Crippen LogP contribution in [0.1, 0.15) is 30.5 Å². The van der Waals surface area contributed by atoms with Gasteiger partial charge in [-0.3, -0.25) is 19.7 Å². The molecular formula is C27H29N3O4. The van der Waals surface area contributed by atoms with Gasteiger partial charge in [-0.05, 0) is 25.0 Å². The standard InChI is InChI=1S/C27H29N3O4/c1-20(2)28-27(32)25(17-21-11-5-3-6-12-21)29(19-22-13-7-4-8-14-22)26(31)18-23-15-9-10-16-24(23)30(33)34/h3-16,20,25H,17-19H2,1-2H3,(H,28,32)/t25-/m1/s1. The van der Waals surface area contributed by atoms with E-state index in [1.165, 1.54) is 11.0 Å². The van der Waals surface area contributed by atoms with Crippen LogP contribution in [-0.4, -0.2) is 33.7 Å². The van der Waals surface area contributed by atoms with E-state index in [1.54, 1.807) is 18.2 Å². The lowest BCUT2D eigenvalue weighted by atomic mass is 10.0. The molecule has 2 amide bonds. The van der Waals surface area contributed by atoms with Gasteiger partial charge < -0.3 is 10.2 Å². The summed E-state index contributed by atoms with van der Waals surface area (Å²) in [7, 11) is 0. The molecule has 0 heterocycles. The topological polar surface area (TPSA) is 92.6 Å². The first kappa shape index (κ1) is 24.6. The van der Waals surface area contributed by atoms with E-state index in [9.17, 15) is 19.7 Å². The minimum atomic E-state index is -0.778. The van der Waals surface area contributed by atoms with Crippen molar-refractivity contribution in [1.82, 2.24) is 10.2 Å². The van der Waals surface area contributed by atoms with Crippen LogP contribution in [0.15, 0.2) is 84.9 Å². The second-order valence-corrected chi connectivity index (χ2v) is 8.44. The SMILES string of the molecule is CC(C)NC(=O)[C@@H](Cc1ccccc1)N(Cc1ccccc1)C(=O)Cc1ccccc1[N+](=O)[O-]. The number of nitrogens with zero attached hydrogens (tertiary/aromatic N) is 2. The number of nitro benzene ring substituents is 1. The van der Waals surface area contributed by atoms with Crippen molar-refractivity contribution in [3.05, 3.63) is 112 Å². The zero-order valence-corrected chi connectivity index (χ0v) is 19.4. The van der Waals surface area contributed by atoms with Gasteiger partial charge in [-0.15, -0.1) is 0 Å². The molecule has 0 spiro atoms. The summed E-state index contributed by atoms with van der Waals surface area (Å²) in [6, 6.07) is 24.3. The van der Waals surface area contributed by atoms with Gasteiger partial charge in [0.05, 0.1) is 11.3 Å². The highest BCUT2D eigenvalue weighted by atomic mass is 16.6. The predicted molar refractivity (Wildman–Crippen MR) is 131 cm³/mol. The van der Waals surface area contributed by atoms with E-state index in [0.29, 0.717) is 12.0 Å². The van der Waals surface area contributed by atoms with Gasteiger partial charge in [0, 0.05) is 30.6 Å². The van der Waals surface area contributed by atoms with E-state index in [2.05, 4.69) is 5.32 Å². The van der Waals surface area contributed by atoms with Gasteiger partial charge in [0.15, 0.2) is 0 Å². The Kier molecular flexibility index (Phi) is 8.51. The Morgan fingerprint density at radius 3 is 2.03 bits per heavy atom. The van der Waals surface area contributed by atoms with Gasteiger partial charge in [0.25, 0.3) is 5.69 Å². The lowest BCUT2D eigenvalue weighted by Crippen LogP contribution is -2.52. The molecule has 0 radical (unpaired) electrons. The highest BCUT2D eigenvalue weighted by Gasteiger charge is 2.31. The largest absolute Gasteiger partial charge is 0.352 e. The average molecular weight is 460 g/mol. The van der Waals surface area contributed by atoms with Crippen molar-refractivity contribution in [2.45, 2.75) is 45.3 Å². The van der Waals surface area contributed by atoms with Crippen LogP contribution < -0.4 is 5.32 Å². The van der Waals surface area contributed by atoms with Gasteiger partial charge in [0.2, 0.25) is 11.8 Å². The van der Waals surface area contributed by atoms with Crippen LogP contribution in [0.25, 0.3) is 0 Å². The fraction of sp³-hybridized carbons (Fsp3) is 0.259. The van der Waals surface area contributed by atoms with Crippen LogP contribution in [0.3, 0.4) is 0 Å². The minimum absolute atomic E-state index is 0.102. The number of para-hydroxylation sites is 1. The number of hydrogen-bond acceptors (Lipinski definition) is 4. The molecule has 0 saturated carbocycles. The molecule has 0 aromatic heterocycles. The van der Waals surface area contributed by atoms with Crippen LogP contribution in [-0.2, 0) is 29.0 Å². The van der Waals surface area contributed by atoms with Crippen molar-refractivity contribution >= 4 is 17.5 Å². The molecular weight excluding hydrogens is 430 g/mol. The number of nitro groups is 1. The summed E-state index contributed by atoms with van der Waals surface area (Å²) in [4.78, 5) is 39.5. The Morgan fingerprint density at radius 2 is 1.44 bits per heavy atom. The Hall–Kier alpha value is -4.00.